The van der Waals surface area contributed by atoms with Gasteiger partial charge in [-0.1, -0.05) is 37.0 Å². The second-order valence-corrected chi connectivity index (χ2v) is 9.31. The summed E-state index contributed by atoms with van der Waals surface area (Å²) in [5.41, 5.74) is -3.00. The van der Waals surface area contributed by atoms with Crippen molar-refractivity contribution in [3.8, 4) is 0 Å². The highest BCUT2D eigenvalue weighted by atomic mass is 35.5. The van der Waals surface area contributed by atoms with E-state index in [1.165, 1.54) is 23.2 Å². The molecule has 1 atom stereocenters. The average molecular weight is 522 g/mol. The topological polar surface area (TPSA) is 54.5 Å². The van der Waals surface area contributed by atoms with E-state index >= 15 is 4.39 Å². The number of alkyl halides is 4. The van der Waals surface area contributed by atoms with Gasteiger partial charge in [-0.2, -0.15) is 13.2 Å². The Bertz CT molecular complexity index is 1140. The van der Waals surface area contributed by atoms with E-state index in [0.717, 1.165) is 18.2 Å². The minimum Gasteiger partial charge on any atom is -0.335 e. The molecule has 1 unspecified atom stereocenters. The predicted octanol–water partition coefficient (Wildman–Crippen LogP) is 5.52. The SMILES string of the molecule is CC(C)C(=O)N1CC(F)(c2ccc(C3=CC(c4cc(Cl)c(F)c(Cl)c4)(C(F)(F)F)ON3)cn2)C1. The smallest absolute Gasteiger partial charge is 0.335 e. The van der Waals surface area contributed by atoms with Crippen LogP contribution < -0.4 is 5.48 Å². The molecule has 182 valence electrons. The standard InChI is InChI=1S/C22H18Cl2F5N3O2/c1-11(2)19(33)32-9-20(26,10-32)17-4-3-12(8-30-17)16-7-21(34-31-16,22(27,28)29)13-5-14(23)18(25)15(24)6-13/h3-8,11,31H,9-10H2,1-2H3. The van der Waals surface area contributed by atoms with Gasteiger partial charge in [-0.25, -0.2) is 8.78 Å². The molecule has 34 heavy (non-hydrogen) atoms. The van der Waals surface area contributed by atoms with Crippen molar-refractivity contribution < 1.29 is 31.6 Å². The molecule has 5 nitrogen and oxygen atoms in total. The summed E-state index contributed by atoms with van der Waals surface area (Å²) in [5, 5.41) is -1.19. The van der Waals surface area contributed by atoms with Crippen molar-refractivity contribution in [2.75, 3.05) is 13.1 Å². The van der Waals surface area contributed by atoms with Crippen LogP contribution in [0.2, 0.25) is 10.0 Å². The predicted molar refractivity (Wildman–Crippen MR) is 115 cm³/mol. The summed E-state index contributed by atoms with van der Waals surface area (Å²) in [6, 6.07) is 4.29. The minimum absolute atomic E-state index is 0.0581. The molecule has 1 aromatic carbocycles. The first-order chi connectivity index (χ1) is 15.8. The number of benzene rings is 1. The fourth-order valence-electron chi connectivity index (χ4n) is 3.82. The Morgan fingerprint density at radius 2 is 1.82 bits per heavy atom. The van der Waals surface area contributed by atoms with Gasteiger partial charge in [-0.15, -0.1) is 0 Å². The quantitative estimate of drug-likeness (QED) is 0.425. The highest BCUT2D eigenvalue weighted by Gasteiger charge is 2.60. The van der Waals surface area contributed by atoms with E-state index in [1.54, 1.807) is 13.8 Å². The highest BCUT2D eigenvalue weighted by molar-refractivity contribution is 6.35. The van der Waals surface area contributed by atoms with E-state index in [0.29, 0.717) is 0 Å². The van der Waals surface area contributed by atoms with E-state index in [-0.39, 0.29) is 41.9 Å². The Morgan fingerprint density at radius 1 is 1.21 bits per heavy atom. The molecular formula is C22H18Cl2F5N3O2. The van der Waals surface area contributed by atoms with Gasteiger partial charge in [-0.05, 0) is 30.3 Å². The molecule has 2 aliphatic rings. The maximum Gasteiger partial charge on any atom is 0.428 e. The van der Waals surface area contributed by atoms with Gasteiger partial charge in [0.1, 0.15) is 0 Å². The van der Waals surface area contributed by atoms with Crippen molar-refractivity contribution >= 4 is 34.8 Å². The van der Waals surface area contributed by atoms with Gasteiger partial charge in [0.25, 0.3) is 0 Å². The van der Waals surface area contributed by atoms with E-state index in [9.17, 15) is 22.4 Å². The lowest BCUT2D eigenvalue weighted by molar-refractivity contribution is -0.269. The zero-order chi connectivity index (χ0) is 25.1. The molecule has 1 N–H and O–H groups in total. The minimum atomic E-state index is -4.97. The van der Waals surface area contributed by atoms with Crippen LogP contribution in [0.3, 0.4) is 0 Å². The molecule has 4 rings (SSSR count). The molecule has 2 aromatic rings. The Kier molecular flexibility index (Phi) is 6.06. The molecule has 0 aliphatic carbocycles. The maximum atomic E-state index is 15.1. The number of hydrogen-bond donors (Lipinski definition) is 1. The van der Waals surface area contributed by atoms with Gasteiger partial charge in [-0.3, -0.25) is 20.1 Å². The van der Waals surface area contributed by atoms with Crippen LogP contribution in [0.4, 0.5) is 22.0 Å². The summed E-state index contributed by atoms with van der Waals surface area (Å²) < 4.78 is 71.2. The van der Waals surface area contributed by atoms with Gasteiger partial charge in [0.15, 0.2) is 11.5 Å². The molecule has 0 radical (unpaired) electrons. The van der Waals surface area contributed by atoms with Crippen molar-refractivity contribution in [3.63, 3.8) is 0 Å². The number of hydrogen-bond acceptors (Lipinski definition) is 4. The van der Waals surface area contributed by atoms with Crippen LogP contribution >= 0.6 is 23.2 Å². The van der Waals surface area contributed by atoms with Gasteiger partial charge >= 0.3 is 6.18 Å². The second kappa shape index (κ2) is 8.35. The molecular weight excluding hydrogens is 504 g/mol. The largest absolute Gasteiger partial charge is 0.428 e. The van der Waals surface area contributed by atoms with Crippen molar-refractivity contribution in [1.82, 2.24) is 15.4 Å². The van der Waals surface area contributed by atoms with E-state index in [2.05, 4.69) is 10.5 Å². The lowest BCUT2D eigenvalue weighted by Gasteiger charge is -2.44. The third-order valence-electron chi connectivity index (χ3n) is 5.73. The number of halogens is 7. The van der Waals surface area contributed by atoms with Crippen LogP contribution in [0.15, 0.2) is 36.5 Å². The van der Waals surface area contributed by atoms with Gasteiger partial charge in [0.2, 0.25) is 11.5 Å². The third kappa shape index (κ3) is 4.01. The zero-order valence-electron chi connectivity index (χ0n) is 17.8. The van der Waals surface area contributed by atoms with E-state index in [4.69, 9.17) is 28.0 Å². The molecule has 1 aromatic heterocycles. The molecule has 1 amide bonds. The number of amides is 1. The lowest BCUT2D eigenvalue weighted by atomic mass is 9.90. The third-order valence-corrected chi connectivity index (χ3v) is 6.28. The van der Waals surface area contributed by atoms with Crippen LogP contribution in [0, 0.1) is 11.7 Å². The molecule has 3 heterocycles. The number of nitrogens with zero attached hydrogens (tertiary/aromatic N) is 2. The zero-order valence-corrected chi connectivity index (χ0v) is 19.3. The fourth-order valence-corrected chi connectivity index (χ4v) is 4.30. The van der Waals surface area contributed by atoms with Crippen LogP contribution in [0.5, 0.6) is 0 Å². The Balaban J connectivity index is 1.62. The Labute approximate surface area is 201 Å². The molecule has 0 spiro atoms. The van der Waals surface area contributed by atoms with Crippen molar-refractivity contribution in [2.45, 2.75) is 31.3 Å². The normalized spacial score (nSPS) is 21.8. The number of likely N-dealkylation sites (tertiary alicyclic amines) is 1. The second-order valence-electron chi connectivity index (χ2n) is 8.50. The summed E-state index contributed by atoms with van der Waals surface area (Å²) in [6.07, 6.45) is -3.02. The highest BCUT2D eigenvalue weighted by Crippen LogP contribution is 2.48. The lowest BCUT2D eigenvalue weighted by Crippen LogP contribution is -2.60. The number of hydroxylamine groups is 1. The fraction of sp³-hybridized carbons (Fsp3) is 0.364. The first-order valence-electron chi connectivity index (χ1n) is 10.1. The summed E-state index contributed by atoms with van der Waals surface area (Å²) in [5.74, 6) is -1.49. The van der Waals surface area contributed by atoms with Crippen molar-refractivity contribution in [1.29, 1.82) is 0 Å². The summed E-state index contributed by atoms with van der Waals surface area (Å²) >= 11 is 11.4. The number of rotatable bonds is 4. The average Bonchev–Trinajstić information content (AvgIpc) is 3.21. The first kappa shape index (κ1) is 24.7. The maximum absolute atomic E-state index is 15.1. The van der Waals surface area contributed by atoms with Gasteiger partial charge in [0, 0.05) is 23.2 Å². The number of carbonyl (C=O) groups is 1. The van der Waals surface area contributed by atoms with Crippen LogP contribution in [0.25, 0.3) is 5.70 Å². The molecule has 2 aliphatic heterocycles. The monoisotopic (exact) mass is 521 g/mol. The van der Waals surface area contributed by atoms with Crippen LogP contribution in [-0.2, 0) is 20.9 Å². The summed E-state index contributed by atoms with van der Waals surface area (Å²) in [6.45, 7) is 3.13. The molecule has 0 bridgehead atoms. The van der Waals surface area contributed by atoms with Crippen molar-refractivity contribution in [3.05, 3.63) is 69.2 Å². The number of pyridine rings is 1. The van der Waals surface area contributed by atoms with Crippen LogP contribution in [-0.4, -0.2) is 35.1 Å². The molecule has 0 saturated carbocycles. The number of aromatic nitrogens is 1. The molecule has 1 saturated heterocycles. The summed E-state index contributed by atoms with van der Waals surface area (Å²) in [4.78, 5) is 22.4. The van der Waals surface area contributed by atoms with Crippen LogP contribution in [0.1, 0.15) is 30.7 Å². The Hall–Kier alpha value is -2.43. The Morgan fingerprint density at radius 3 is 2.32 bits per heavy atom. The molecule has 1 fully saturated rings. The van der Waals surface area contributed by atoms with E-state index in [1.807, 2.05) is 0 Å². The number of carbonyl (C=O) groups excluding carboxylic acids is 1. The van der Waals surface area contributed by atoms with Gasteiger partial charge < -0.3 is 4.90 Å². The molecule has 12 heteroatoms. The first-order valence-corrected chi connectivity index (χ1v) is 10.9. The summed E-state index contributed by atoms with van der Waals surface area (Å²) in [7, 11) is 0. The van der Waals surface area contributed by atoms with Crippen molar-refractivity contribution in [2.24, 2.45) is 5.92 Å². The van der Waals surface area contributed by atoms with Gasteiger partial charge in [0.05, 0.1) is 34.5 Å². The van der Waals surface area contributed by atoms with E-state index < -0.39 is 38.9 Å². The number of nitrogens with one attached hydrogen (secondary N) is 1.